The van der Waals surface area contributed by atoms with E-state index in [-0.39, 0.29) is 35.6 Å². The lowest BCUT2D eigenvalue weighted by Gasteiger charge is -2.17. The van der Waals surface area contributed by atoms with Gasteiger partial charge in [0.15, 0.2) is 0 Å². The minimum absolute atomic E-state index is 0.0993. The molecule has 5 rings (SSSR count). The summed E-state index contributed by atoms with van der Waals surface area (Å²) in [5.74, 6) is -2.66. The van der Waals surface area contributed by atoms with E-state index in [1.807, 2.05) is 30.3 Å². The number of H-pyrrole nitrogens is 1. The van der Waals surface area contributed by atoms with E-state index >= 15 is 0 Å². The van der Waals surface area contributed by atoms with Gasteiger partial charge in [-0.15, -0.1) is 0 Å². The van der Waals surface area contributed by atoms with Gasteiger partial charge < -0.3 is 26.0 Å². The predicted molar refractivity (Wildman–Crippen MR) is 161 cm³/mol. The van der Waals surface area contributed by atoms with Crippen LogP contribution in [0.5, 0.6) is 0 Å². The van der Waals surface area contributed by atoms with Gasteiger partial charge in [-0.3, -0.25) is 14.4 Å². The number of carboxylic acids is 1. The summed E-state index contributed by atoms with van der Waals surface area (Å²) in [4.78, 5) is 54.5. The van der Waals surface area contributed by atoms with Gasteiger partial charge in [-0.05, 0) is 41.5 Å². The molecule has 3 amide bonds. The lowest BCUT2D eigenvalue weighted by Crippen LogP contribution is -2.42. The topological polar surface area (TPSA) is 140 Å². The third kappa shape index (κ3) is 6.53. The van der Waals surface area contributed by atoms with Crippen LogP contribution in [-0.2, 0) is 22.4 Å². The Kier molecular flexibility index (Phi) is 8.39. The molecule has 4 aromatic carbocycles. The van der Waals surface area contributed by atoms with Crippen molar-refractivity contribution in [3.8, 4) is 0 Å². The maximum atomic E-state index is 13.4. The maximum Gasteiger partial charge on any atom is 0.326 e. The fraction of sp³-hybridized carbons (Fsp3) is 0.0909. The Morgan fingerprint density at radius 3 is 2.00 bits per heavy atom. The SMILES string of the molecule is O=C(Cc1c[nH]c2ccccc12)Nc1ccccc1C(=O)Nc1ccccc1C(=O)NC(Cc1ccccc1)C(=O)O. The van der Waals surface area contributed by atoms with Gasteiger partial charge >= 0.3 is 5.97 Å². The molecule has 0 aliphatic carbocycles. The summed E-state index contributed by atoms with van der Waals surface area (Å²) >= 11 is 0. The second-order valence-electron chi connectivity index (χ2n) is 9.68. The molecule has 0 radical (unpaired) electrons. The van der Waals surface area contributed by atoms with Crippen LogP contribution in [0.4, 0.5) is 11.4 Å². The first kappa shape index (κ1) is 27.9. The Balaban J connectivity index is 1.29. The number of rotatable bonds is 10. The van der Waals surface area contributed by atoms with E-state index < -0.39 is 23.8 Å². The Morgan fingerprint density at radius 2 is 1.29 bits per heavy atom. The number of fused-ring (bicyclic) bond motifs is 1. The highest BCUT2D eigenvalue weighted by Gasteiger charge is 2.23. The van der Waals surface area contributed by atoms with Gasteiger partial charge in [0, 0.05) is 23.5 Å². The zero-order valence-electron chi connectivity index (χ0n) is 22.5. The standard InChI is InChI=1S/C33H28N4O5/c38-30(19-22-20-34-26-15-7-4-12-23(22)26)35-27-16-8-5-13-24(27)31(39)36-28-17-9-6-14-25(28)32(40)37-29(33(41)42)18-21-10-2-1-3-11-21/h1-17,20,29,34H,18-19H2,(H,35,38)(H,36,39)(H,37,40)(H,41,42). The minimum atomic E-state index is -1.17. The van der Waals surface area contributed by atoms with Crippen molar-refractivity contribution in [2.75, 3.05) is 10.6 Å². The van der Waals surface area contributed by atoms with E-state index in [2.05, 4.69) is 20.9 Å². The highest BCUT2D eigenvalue weighted by molar-refractivity contribution is 6.13. The molecule has 9 heteroatoms. The Morgan fingerprint density at radius 1 is 0.690 bits per heavy atom. The van der Waals surface area contributed by atoms with Gasteiger partial charge in [0.25, 0.3) is 11.8 Å². The van der Waals surface area contributed by atoms with Crippen molar-refractivity contribution in [1.82, 2.24) is 10.3 Å². The van der Waals surface area contributed by atoms with Crippen LogP contribution in [0, 0.1) is 0 Å². The molecule has 0 saturated carbocycles. The summed E-state index contributed by atoms with van der Waals surface area (Å²) in [7, 11) is 0. The van der Waals surface area contributed by atoms with Crippen LogP contribution in [0.2, 0.25) is 0 Å². The molecule has 5 N–H and O–H groups in total. The minimum Gasteiger partial charge on any atom is -0.480 e. The first-order valence-corrected chi connectivity index (χ1v) is 13.3. The number of amides is 3. The quantitative estimate of drug-likeness (QED) is 0.163. The van der Waals surface area contributed by atoms with E-state index in [9.17, 15) is 24.3 Å². The molecule has 9 nitrogen and oxygen atoms in total. The average Bonchev–Trinajstić information content (AvgIpc) is 3.40. The predicted octanol–water partition coefficient (Wildman–Crippen LogP) is 5.03. The zero-order chi connectivity index (χ0) is 29.5. The van der Waals surface area contributed by atoms with E-state index in [1.165, 1.54) is 6.07 Å². The molecule has 1 unspecified atom stereocenters. The van der Waals surface area contributed by atoms with Crippen LogP contribution in [0.3, 0.4) is 0 Å². The molecule has 210 valence electrons. The van der Waals surface area contributed by atoms with Crippen molar-refractivity contribution >= 4 is 46.0 Å². The van der Waals surface area contributed by atoms with Crippen LogP contribution in [0.25, 0.3) is 10.9 Å². The van der Waals surface area contributed by atoms with E-state index in [4.69, 9.17) is 0 Å². The van der Waals surface area contributed by atoms with Gasteiger partial charge in [0.05, 0.1) is 28.9 Å². The molecule has 42 heavy (non-hydrogen) atoms. The second-order valence-corrected chi connectivity index (χ2v) is 9.68. The van der Waals surface area contributed by atoms with Gasteiger partial charge in [-0.1, -0.05) is 72.8 Å². The number of hydrogen-bond donors (Lipinski definition) is 5. The summed E-state index contributed by atoms with van der Waals surface area (Å²) in [6.45, 7) is 0. The summed E-state index contributed by atoms with van der Waals surface area (Å²) < 4.78 is 0. The van der Waals surface area contributed by atoms with Gasteiger partial charge in [0.1, 0.15) is 6.04 Å². The number of carboxylic acid groups (broad SMARTS) is 1. The highest BCUT2D eigenvalue weighted by Crippen LogP contribution is 2.22. The molecule has 1 heterocycles. The van der Waals surface area contributed by atoms with Crippen molar-refractivity contribution in [2.45, 2.75) is 18.9 Å². The van der Waals surface area contributed by atoms with Crippen LogP contribution >= 0.6 is 0 Å². The Bertz CT molecular complexity index is 1760. The number of para-hydroxylation sites is 3. The van der Waals surface area contributed by atoms with Crippen molar-refractivity contribution < 1.29 is 24.3 Å². The first-order valence-electron chi connectivity index (χ1n) is 13.3. The Labute approximate surface area is 241 Å². The number of carbonyl (C=O) groups excluding carboxylic acids is 3. The molecular formula is C33H28N4O5. The largest absolute Gasteiger partial charge is 0.480 e. The number of aliphatic carboxylic acids is 1. The van der Waals surface area contributed by atoms with Gasteiger partial charge in [-0.25, -0.2) is 4.79 Å². The summed E-state index contributed by atoms with van der Waals surface area (Å²) in [6, 6.07) is 28.4. The normalized spacial score (nSPS) is 11.4. The third-order valence-corrected chi connectivity index (χ3v) is 6.78. The van der Waals surface area contributed by atoms with Crippen LogP contribution in [0.1, 0.15) is 31.8 Å². The Hall–Kier alpha value is -5.70. The smallest absolute Gasteiger partial charge is 0.326 e. The second kappa shape index (κ2) is 12.6. The first-order chi connectivity index (χ1) is 20.4. The fourth-order valence-corrected chi connectivity index (χ4v) is 4.70. The fourth-order valence-electron chi connectivity index (χ4n) is 4.70. The molecule has 5 aromatic rings. The number of hydrogen-bond acceptors (Lipinski definition) is 4. The molecule has 1 atom stereocenters. The molecule has 0 bridgehead atoms. The zero-order valence-corrected chi connectivity index (χ0v) is 22.5. The van der Waals surface area contributed by atoms with Crippen molar-refractivity contribution in [3.05, 3.63) is 132 Å². The molecule has 0 aliphatic heterocycles. The molecule has 0 saturated heterocycles. The van der Waals surface area contributed by atoms with Crippen LogP contribution < -0.4 is 16.0 Å². The van der Waals surface area contributed by atoms with Crippen molar-refractivity contribution in [1.29, 1.82) is 0 Å². The summed E-state index contributed by atoms with van der Waals surface area (Å²) in [5, 5.41) is 18.8. The van der Waals surface area contributed by atoms with E-state index in [0.717, 1.165) is 22.0 Å². The van der Waals surface area contributed by atoms with Crippen LogP contribution in [-0.4, -0.2) is 39.8 Å². The number of carbonyl (C=O) groups is 4. The van der Waals surface area contributed by atoms with E-state index in [0.29, 0.717) is 5.69 Å². The number of aromatic amines is 1. The average molecular weight is 561 g/mol. The monoisotopic (exact) mass is 560 g/mol. The number of aromatic nitrogens is 1. The molecule has 1 aromatic heterocycles. The number of anilines is 2. The molecule has 0 fully saturated rings. The molecular weight excluding hydrogens is 532 g/mol. The summed E-state index contributed by atoms with van der Waals surface area (Å²) in [6.07, 6.45) is 2.00. The summed E-state index contributed by atoms with van der Waals surface area (Å²) in [5.41, 5.74) is 3.34. The third-order valence-electron chi connectivity index (χ3n) is 6.78. The lowest BCUT2D eigenvalue weighted by atomic mass is 10.0. The van der Waals surface area contributed by atoms with Crippen LogP contribution in [0.15, 0.2) is 109 Å². The maximum absolute atomic E-state index is 13.4. The number of nitrogens with one attached hydrogen (secondary N) is 4. The van der Waals surface area contributed by atoms with Crippen molar-refractivity contribution in [3.63, 3.8) is 0 Å². The van der Waals surface area contributed by atoms with Gasteiger partial charge in [-0.2, -0.15) is 0 Å². The van der Waals surface area contributed by atoms with Gasteiger partial charge in [0.2, 0.25) is 5.91 Å². The lowest BCUT2D eigenvalue weighted by molar-refractivity contribution is -0.139. The molecule has 0 aliphatic rings. The number of benzene rings is 4. The molecule has 0 spiro atoms. The van der Waals surface area contributed by atoms with E-state index in [1.54, 1.807) is 72.9 Å². The van der Waals surface area contributed by atoms with Crippen molar-refractivity contribution in [2.24, 2.45) is 0 Å². The highest BCUT2D eigenvalue weighted by atomic mass is 16.4.